The van der Waals surface area contributed by atoms with Crippen LogP contribution in [0.1, 0.15) is 11.4 Å². The third kappa shape index (κ3) is 5.47. The van der Waals surface area contributed by atoms with Crippen LogP contribution in [0.4, 0.5) is 11.4 Å². The van der Waals surface area contributed by atoms with Gasteiger partial charge in [-0.1, -0.05) is 59.6 Å². The Morgan fingerprint density at radius 3 is 2.10 bits per heavy atom. The van der Waals surface area contributed by atoms with E-state index in [9.17, 15) is 13.5 Å². The number of imidazole rings is 1. The molecule has 1 aromatic heterocycles. The fourth-order valence-corrected chi connectivity index (χ4v) is 6.19. The molecule has 6 rings (SSSR count). The predicted molar refractivity (Wildman–Crippen MR) is 163 cm³/mol. The first-order chi connectivity index (χ1) is 19.7. The highest BCUT2D eigenvalue weighted by atomic mass is 35.5. The number of nitrogens with zero attached hydrogens (tertiary/aromatic N) is 3. The molecule has 4 N–H and O–H groups in total. The van der Waals surface area contributed by atoms with Crippen LogP contribution in [-0.4, -0.2) is 23.1 Å². The van der Waals surface area contributed by atoms with Crippen molar-refractivity contribution in [2.45, 2.75) is 6.42 Å². The van der Waals surface area contributed by atoms with E-state index < -0.39 is 16.1 Å². The molecule has 1 aliphatic heterocycles. The molecule has 0 saturated heterocycles. The van der Waals surface area contributed by atoms with Gasteiger partial charge in [0.2, 0.25) is 5.88 Å². The van der Waals surface area contributed by atoms with Gasteiger partial charge >= 0.3 is 10.2 Å². The molecule has 0 spiro atoms. The molecule has 0 fully saturated rings. The number of benzene rings is 4. The lowest BCUT2D eigenvalue weighted by Gasteiger charge is -2.15. The fraction of sp³-hybridized carbons (Fsp3) is 0.0333. The molecular formula is C30H23Cl2N5O3S. The van der Waals surface area contributed by atoms with E-state index in [-0.39, 0.29) is 0 Å². The van der Waals surface area contributed by atoms with Gasteiger partial charge in [0.1, 0.15) is 5.82 Å². The van der Waals surface area contributed by atoms with Crippen molar-refractivity contribution < 1.29 is 13.5 Å². The Hall–Kier alpha value is -4.44. The zero-order valence-corrected chi connectivity index (χ0v) is 23.7. The Morgan fingerprint density at radius 2 is 1.49 bits per heavy atom. The van der Waals surface area contributed by atoms with E-state index in [1.54, 1.807) is 36.4 Å². The molecule has 2 heterocycles. The van der Waals surface area contributed by atoms with Crippen LogP contribution in [0.15, 0.2) is 109 Å². The summed E-state index contributed by atoms with van der Waals surface area (Å²) < 4.78 is 29.5. The first-order valence-electron chi connectivity index (χ1n) is 12.5. The standard InChI is InChI=1S/C30H23Cl2N5O3S/c31-22-7-14-26(27(32)16-22)28-17-36(24-10-12-25(13-11-24)37-18-30(38)35-41(37,39)40)29(34-28)15-19-1-3-20(4-2-19)21-5-8-23(33)9-6-21/h1-14,16-18,35,38H,15,33H2. The van der Waals surface area contributed by atoms with Gasteiger partial charge < -0.3 is 15.4 Å². The summed E-state index contributed by atoms with van der Waals surface area (Å²) in [6.45, 7) is 0. The number of aliphatic hydroxyl groups is 1. The third-order valence-corrected chi connectivity index (χ3v) is 8.51. The van der Waals surface area contributed by atoms with Gasteiger partial charge in [-0.3, -0.25) is 0 Å². The maximum atomic E-state index is 12.3. The topological polar surface area (TPSA) is 113 Å². The van der Waals surface area contributed by atoms with Gasteiger partial charge in [-0.25, -0.2) is 14.0 Å². The largest absolute Gasteiger partial charge is 0.493 e. The van der Waals surface area contributed by atoms with E-state index >= 15 is 0 Å². The predicted octanol–water partition coefficient (Wildman–Crippen LogP) is 6.70. The second kappa shape index (κ2) is 10.5. The number of aliphatic hydroxyl groups excluding tert-OH is 1. The normalized spacial score (nSPS) is 14.1. The maximum Gasteiger partial charge on any atom is 0.330 e. The van der Waals surface area contributed by atoms with Crippen molar-refractivity contribution >= 4 is 44.8 Å². The molecule has 0 bridgehead atoms. The maximum absolute atomic E-state index is 12.3. The summed E-state index contributed by atoms with van der Waals surface area (Å²) in [6.07, 6.45) is 3.53. The lowest BCUT2D eigenvalue weighted by molar-refractivity contribution is 0.392. The SMILES string of the molecule is Nc1ccc(-c2ccc(Cc3nc(-c4ccc(Cl)cc4Cl)cn3-c3ccc(N4C=C(O)NS4(=O)=O)cc3)cc2)cc1. The monoisotopic (exact) mass is 603 g/mol. The third-order valence-electron chi connectivity index (χ3n) is 6.66. The highest BCUT2D eigenvalue weighted by Crippen LogP contribution is 2.32. The second-order valence-corrected chi connectivity index (χ2v) is 11.9. The molecule has 8 nitrogen and oxygen atoms in total. The first-order valence-corrected chi connectivity index (χ1v) is 14.7. The van der Waals surface area contributed by atoms with Crippen molar-refractivity contribution in [1.82, 2.24) is 14.3 Å². The Kier molecular flexibility index (Phi) is 6.86. The number of halogens is 2. The van der Waals surface area contributed by atoms with Crippen molar-refractivity contribution in [3.05, 3.63) is 131 Å². The fourth-order valence-electron chi connectivity index (χ4n) is 4.63. The molecule has 0 atom stereocenters. The molecule has 0 radical (unpaired) electrons. The van der Waals surface area contributed by atoms with E-state index in [2.05, 4.69) is 24.3 Å². The van der Waals surface area contributed by atoms with Gasteiger partial charge in [0, 0.05) is 34.6 Å². The summed E-state index contributed by atoms with van der Waals surface area (Å²) >= 11 is 12.6. The molecule has 0 saturated carbocycles. The zero-order chi connectivity index (χ0) is 28.7. The summed E-state index contributed by atoms with van der Waals surface area (Å²) in [5.74, 6) is 0.310. The molecular weight excluding hydrogens is 581 g/mol. The molecule has 41 heavy (non-hydrogen) atoms. The van der Waals surface area contributed by atoms with Crippen molar-refractivity contribution in [2.75, 3.05) is 10.0 Å². The molecule has 1 aliphatic rings. The number of anilines is 2. The minimum atomic E-state index is -3.89. The van der Waals surface area contributed by atoms with Crippen LogP contribution >= 0.6 is 23.2 Å². The number of hydrogen-bond donors (Lipinski definition) is 3. The summed E-state index contributed by atoms with van der Waals surface area (Å²) in [6, 6.07) is 28.1. The van der Waals surface area contributed by atoms with Crippen molar-refractivity contribution in [1.29, 1.82) is 0 Å². The molecule has 5 aromatic rings. The Labute approximate surface area is 247 Å². The zero-order valence-electron chi connectivity index (χ0n) is 21.4. The number of nitrogen functional groups attached to an aromatic ring is 1. The Morgan fingerprint density at radius 1 is 0.854 bits per heavy atom. The summed E-state index contributed by atoms with van der Waals surface area (Å²) in [4.78, 5) is 4.93. The first kappa shape index (κ1) is 26.8. The number of nitrogens with one attached hydrogen (secondary N) is 1. The van der Waals surface area contributed by atoms with Gasteiger partial charge in [-0.2, -0.15) is 8.42 Å². The minimum Gasteiger partial charge on any atom is -0.493 e. The molecule has 0 unspecified atom stereocenters. The number of rotatable bonds is 6. The van der Waals surface area contributed by atoms with Crippen LogP contribution in [0, 0.1) is 0 Å². The average molecular weight is 605 g/mol. The smallest absolute Gasteiger partial charge is 0.330 e. The molecule has 206 valence electrons. The van der Waals surface area contributed by atoms with Crippen molar-refractivity contribution in [3.63, 3.8) is 0 Å². The number of nitrogens with two attached hydrogens (primary N) is 1. The Balaban J connectivity index is 1.36. The van der Waals surface area contributed by atoms with E-state index in [4.69, 9.17) is 33.9 Å². The molecule has 0 amide bonds. The van der Waals surface area contributed by atoms with Crippen LogP contribution in [0.25, 0.3) is 28.1 Å². The average Bonchev–Trinajstić information content (AvgIpc) is 3.48. The highest BCUT2D eigenvalue weighted by Gasteiger charge is 2.28. The van der Waals surface area contributed by atoms with Crippen LogP contribution < -0.4 is 14.8 Å². The van der Waals surface area contributed by atoms with Crippen LogP contribution in [0.3, 0.4) is 0 Å². The van der Waals surface area contributed by atoms with Gasteiger partial charge in [0.05, 0.1) is 22.6 Å². The van der Waals surface area contributed by atoms with Crippen LogP contribution in [-0.2, 0) is 16.6 Å². The second-order valence-electron chi connectivity index (χ2n) is 9.47. The van der Waals surface area contributed by atoms with E-state index in [1.807, 2.05) is 45.8 Å². The minimum absolute atomic E-state index is 0.367. The van der Waals surface area contributed by atoms with E-state index in [0.717, 1.165) is 50.0 Å². The van der Waals surface area contributed by atoms with E-state index in [0.29, 0.717) is 27.8 Å². The van der Waals surface area contributed by atoms with Crippen LogP contribution in [0.2, 0.25) is 10.0 Å². The summed E-state index contributed by atoms with van der Waals surface area (Å²) in [5, 5.41) is 10.7. The lowest BCUT2D eigenvalue weighted by atomic mass is 10.0. The number of aromatic nitrogens is 2. The van der Waals surface area contributed by atoms with Gasteiger partial charge in [-0.05, 0) is 71.3 Å². The van der Waals surface area contributed by atoms with Crippen molar-refractivity contribution in [3.8, 4) is 28.1 Å². The Bertz CT molecular complexity index is 1890. The van der Waals surface area contributed by atoms with Crippen LogP contribution in [0.5, 0.6) is 0 Å². The van der Waals surface area contributed by atoms with Gasteiger partial charge in [0.25, 0.3) is 0 Å². The van der Waals surface area contributed by atoms with Gasteiger partial charge in [0.15, 0.2) is 0 Å². The van der Waals surface area contributed by atoms with E-state index in [1.165, 1.54) is 0 Å². The quantitative estimate of drug-likeness (QED) is 0.187. The lowest BCUT2D eigenvalue weighted by Crippen LogP contribution is -2.29. The van der Waals surface area contributed by atoms with Crippen molar-refractivity contribution in [2.24, 2.45) is 0 Å². The molecule has 4 aromatic carbocycles. The molecule has 0 aliphatic carbocycles. The molecule has 11 heteroatoms. The van der Waals surface area contributed by atoms with Gasteiger partial charge in [-0.15, -0.1) is 0 Å². The highest BCUT2D eigenvalue weighted by molar-refractivity contribution is 7.91. The number of hydrogen-bond acceptors (Lipinski definition) is 5. The summed E-state index contributed by atoms with van der Waals surface area (Å²) in [5.41, 5.74) is 12.3. The summed E-state index contributed by atoms with van der Waals surface area (Å²) in [7, 11) is -3.89.